The molecule has 118 valence electrons. The minimum absolute atomic E-state index is 0.0305. The van der Waals surface area contributed by atoms with Crippen LogP contribution >= 0.6 is 0 Å². The molecule has 2 amide bonds. The highest BCUT2D eigenvalue weighted by molar-refractivity contribution is 5.84. The summed E-state index contributed by atoms with van der Waals surface area (Å²) in [7, 11) is 0. The zero-order chi connectivity index (χ0) is 15.9. The molecule has 1 aliphatic heterocycles. The molecule has 0 spiro atoms. The minimum Gasteiger partial charge on any atom is -0.370 e. The topological polar surface area (TPSA) is 63.4 Å². The van der Waals surface area contributed by atoms with Crippen LogP contribution in [0.2, 0.25) is 0 Å². The molecule has 1 aromatic rings. The minimum atomic E-state index is -0.323. The van der Waals surface area contributed by atoms with Gasteiger partial charge in [-0.2, -0.15) is 0 Å². The summed E-state index contributed by atoms with van der Waals surface area (Å²) in [4.78, 5) is 26.0. The molecule has 1 saturated carbocycles. The molecule has 0 radical (unpaired) electrons. The first-order valence-electron chi connectivity index (χ1n) is 8.01. The van der Waals surface area contributed by atoms with Crippen LogP contribution in [0.3, 0.4) is 0 Å². The molecule has 0 aromatic heterocycles. The third-order valence-corrected chi connectivity index (χ3v) is 4.88. The van der Waals surface area contributed by atoms with Gasteiger partial charge in [0.15, 0.2) is 0 Å². The molecular weight excluding hydrogens is 276 g/mol. The Kier molecular flexibility index (Phi) is 3.71. The molecule has 22 heavy (non-hydrogen) atoms. The molecular formula is C18H24N2O2. The van der Waals surface area contributed by atoms with E-state index < -0.39 is 0 Å². The van der Waals surface area contributed by atoms with Crippen molar-refractivity contribution in [2.45, 2.75) is 45.1 Å². The maximum absolute atomic E-state index is 12.8. The summed E-state index contributed by atoms with van der Waals surface area (Å²) in [6.45, 7) is 5.02. The highest BCUT2D eigenvalue weighted by atomic mass is 16.2. The first kappa shape index (κ1) is 15.1. The van der Waals surface area contributed by atoms with Crippen LogP contribution in [-0.4, -0.2) is 29.3 Å². The van der Waals surface area contributed by atoms with Crippen molar-refractivity contribution in [3.63, 3.8) is 0 Å². The van der Waals surface area contributed by atoms with E-state index in [0.717, 1.165) is 19.4 Å². The van der Waals surface area contributed by atoms with Crippen molar-refractivity contribution in [1.82, 2.24) is 4.90 Å². The van der Waals surface area contributed by atoms with Gasteiger partial charge < -0.3 is 10.6 Å². The Morgan fingerprint density at radius 2 is 1.95 bits per heavy atom. The largest absolute Gasteiger partial charge is 0.370 e. The Labute approximate surface area is 131 Å². The number of nitrogens with two attached hydrogens (primary N) is 1. The van der Waals surface area contributed by atoms with E-state index in [9.17, 15) is 9.59 Å². The van der Waals surface area contributed by atoms with Gasteiger partial charge in [-0.3, -0.25) is 9.59 Å². The van der Waals surface area contributed by atoms with Gasteiger partial charge in [0.2, 0.25) is 11.8 Å². The molecule has 1 heterocycles. The highest BCUT2D eigenvalue weighted by Gasteiger charge is 2.50. The fourth-order valence-electron chi connectivity index (χ4n) is 3.82. The third kappa shape index (κ3) is 3.01. The predicted molar refractivity (Wildman–Crippen MR) is 85.0 cm³/mol. The molecule has 3 atom stereocenters. The number of benzene rings is 1. The predicted octanol–water partition coefficient (Wildman–Crippen LogP) is 2.29. The van der Waals surface area contributed by atoms with Crippen molar-refractivity contribution >= 4 is 11.8 Å². The lowest BCUT2D eigenvalue weighted by molar-refractivity contribution is -0.134. The lowest BCUT2D eigenvalue weighted by atomic mass is 9.90. The van der Waals surface area contributed by atoms with Crippen LogP contribution in [0.1, 0.15) is 44.6 Å². The van der Waals surface area contributed by atoms with Crippen molar-refractivity contribution in [1.29, 1.82) is 0 Å². The van der Waals surface area contributed by atoms with E-state index in [-0.39, 0.29) is 35.6 Å². The van der Waals surface area contributed by atoms with Gasteiger partial charge in [-0.15, -0.1) is 0 Å². The number of nitrogens with zero attached hydrogens (tertiary/aromatic N) is 1. The normalized spacial score (nSPS) is 29.4. The second kappa shape index (κ2) is 5.41. The van der Waals surface area contributed by atoms with E-state index in [1.165, 1.54) is 5.56 Å². The fraction of sp³-hybridized carbons (Fsp3) is 0.556. The number of hydrogen-bond acceptors (Lipinski definition) is 2. The number of carbonyl (C=O) groups is 2. The van der Waals surface area contributed by atoms with Gasteiger partial charge in [0, 0.05) is 24.9 Å². The molecule has 0 bridgehead atoms. The molecule has 1 unspecified atom stereocenters. The van der Waals surface area contributed by atoms with E-state index in [4.69, 9.17) is 5.73 Å². The lowest BCUT2D eigenvalue weighted by Gasteiger charge is -2.24. The molecule has 4 nitrogen and oxygen atoms in total. The summed E-state index contributed by atoms with van der Waals surface area (Å²) in [6.07, 6.45) is 2.05. The summed E-state index contributed by atoms with van der Waals surface area (Å²) >= 11 is 0. The van der Waals surface area contributed by atoms with E-state index in [2.05, 4.69) is 26.0 Å². The Morgan fingerprint density at radius 1 is 1.27 bits per heavy atom. The SMILES string of the molecule is CC1(C)CC(CC(N)=O)N(C(=O)[C@@H]2C[C@@H]2c2ccccc2)C1. The summed E-state index contributed by atoms with van der Waals surface area (Å²) < 4.78 is 0. The number of amides is 2. The fourth-order valence-corrected chi connectivity index (χ4v) is 3.82. The number of likely N-dealkylation sites (tertiary alicyclic amines) is 1. The molecule has 1 aliphatic carbocycles. The van der Waals surface area contributed by atoms with Crippen LogP contribution in [-0.2, 0) is 9.59 Å². The van der Waals surface area contributed by atoms with E-state index >= 15 is 0 Å². The molecule has 1 saturated heterocycles. The van der Waals surface area contributed by atoms with Crippen molar-refractivity contribution in [3.05, 3.63) is 35.9 Å². The van der Waals surface area contributed by atoms with Crippen LogP contribution < -0.4 is 5.73 Å². The van der Waals surface area contributed by atoms with Crippen molar-refractivity contribution < 1.29 is 9.59 Å². The number of hydrogen-bond donors (Lipinski definition) is 1. The number of rotatable bonds is 4. The van der Waals surface area contributed by atoms with Crippen molar-refractivity contribution in [2.24, 2.45) is 17.1 Å². The van der Waals surface area contributed by atoms with Gasteiger partial charge in [0.25, 0.3) is 0 Å². The van der Waals surface area contributed by atoms with Gasteiger partial charge in [-0.1, -0.05) is 44.2 Å². The Balaban J connectivity index is 1.70. The van der Waals surface area contributed by atoms with Crippen LogP contribution in [0.5, 0.6) is 0 Å². The van der Waals surface area contributed by atoms with Crippen LogP contribution in [0.25, 0.3) is 0 Å². The van der Waals surface area contributed by atoms with Gasteiger partial charge in [0.1, 0.15) is 0 Å². The lowest BCUT2D eigenvalue weighted by Crippen LogP contribution is -2.39. The van der Waals surface area contributed by atoms with Crippen molar-refractivity contribution in [3.8, 4) is 0 Å². The molecule has 4 heteroatoms. The third-order valence-electron chi connectivity index (χ3n) is 4.88. The summed E-state index contributed by atoms with van der Waals surface area (Å²) in [6, 6.07) is 10.2. The molecule has 2 aliphatic rings. The van der Waals surface area contributed by atoms with E-state index in [1.807, 2.05) is 23.1 Å². The molecule has 2 N–H and O–H groups in total. The molecule has 3 rings (SSSR count). The smallest absolute Gasteiger partial charge is 0.226 e. The summed E-state index contributed by atoms with van der Waals surface area (Å²) in [5, 5.41) is 0. The Morgan fingerprint density at radius 3 is 2.59 bits per heavy atom. The van der Waals surface area contributed by atoms with Gasteiger partial charge in [-0.25, -0.2) is 0 Å². The second-order valence-corrected chi connectivity index (χ2v) is 7.52. The highest BCUT2D eigenvalue weighted by Crippen LogP contribution is 2.50. The van der Waals surface area contributed by atoms with E-state index in [1.54, 1.807) is 0 Å². The van der Waals surface area contributed by atoms with Gasteiger partial charge in [0.05, 0.1) is 0 Å². The zero-order valence-corrected chi connectivity index (χ0v) is 13.3. The molecule has 1 aromatic carbocycles. The maximum Gasteiger partial charge on any atom is 0.226 e. The number of primary amides is 1. The number of carbonyl (C=O) groups excluding carboxylic acids is 2. The monoisotopic (exact) mass is 300 g/mol. The van der Waals surface area contributed by atoms with Crippen LogP contribution in [0, 0.1) is 11.3 Å². The first-order chi connectivity index (χ1) is 10.4. The summed E-state index contributed by atoms with van der Waals surface area (Å²) in [5.41, 5.74) is 6.66. The average molecular weight is 300 g/mol. The first-order valence-corrected chi connectivity index (χ1v) is 8.01. The van der Waals surface area contributed by atoms with Crippen LogP contribution in [0.4, 0.5) is 0 Å². The quantitative estimate of drug-likeness (QED) is 0.927. The second-order valence-electron chi connectivity index (χ2n) is 7.52. The van der Waals surface area contributed by atoms with E-state index in [0.29, 0.717) is 5.92 Å². The average Bonchev–Trinajstić information content (AvgIpc) is 3.18. The Hall–Kier alpha value is -1.84. The summed E-state index contributed by atoms with van der Waals surface area (Å²) in [5.74, 6) is 0.292. The molecule has 2 fully saturated rings. The standard InChI is InChI=1S/C18H24N2O2/c1-18(2)10-13(8-16(19)21)20(11-18)17(22)15-9-14(15)12-6-4-3-5-7-12/h3-7,13-15H,8-11H2,1-2H3,(H2,19,21)/t13?,14-,15-/m1/s1. The van der Waals surface area contributed by atoms with Gasteiger partial charge >= 0.3 is 0 Å². The van der Waals surface area contributed by atoms with Crippen molar-refractivity contribution in [2.75, 3.05) is 6.54 Å². The maximum atomic E-state index is 12.8. The van der Waals surface area contributed by atoms with Gasteiger partial charge in [-0.05, 0) is 29.7 Å². The zero-order valence-electron chi connectivity index (χ0n) is 13.3. The van der Waals surface area contributed by atoms with Crippen LogP contribution in [0.15, 0.2) is 30.3 Å². The Bertz CT molecular complexity index is 582.